The maximum Gasteiger partial charge on any atom is 0.119 e. The normalized spacial score (nSPS) is 15.4. The molecule has 2 aliphatic carbocycles. The van der Waals surface area contributed by atoms with Crippen LogP contribution >= 0.6 is 0 Å². The third kappa shape index (κ3) is 3.61. The van der Waals surface area contributed by atoms with Crippen LogP contribution in [0.15, 0.2) is 133 Å². The van der Waals surface area contributed by atoms with Gasteiger partial charge in [-0.2, -0.15) is 0 Å². The van der Waals surface area contributed by atoms with Crippen molar-refractivity contribution in [2.75, 3.05) is 19.1 Å². The molecule has 2 aliphatic rings. The molecule has 6 aromatic rings. The Morgan fingerprint density at radius 2 is 0.884 bits per heavy atom. The van der Waals surface area contributed by atoms with E-state index < -0.39 is 5.41 Å². The van der Waals surface area contributed by atoms with E-state index in [0.29, 0.717) is 0 Å². The van der Waals surface area contributed by atoms with Gasteiger partial charge >= 0.3 is 0 Å². The molecule has 8 rings (SSSR count). The monoisotopic (exact) mass is 557 g/mol. The van der Waals surface area contributed by atoms with E-state index in [9.17, 15) is 0 Å². The number of nitrogens with zero attached hydrogens (tertiary/aromatic N) is 1. The fourth-order valence-corrected chi connectivity index (χ4v) is 7.29. The topological polar surface area (TPSA) is 21.7 Å². The minimum absolute atomic E-state index is 0.397. The van der Waals surface area contributed by atoms with Crippen molar-refractivity contribution in [1.82, 2.24) is 0 Å². The molecule has 1 spiro atoms. The minimum Gasteiger partial charge on any atom is -0.497 e. The van der Waals surface area contributed by atoms with Gasteiger partial charge in [-0.05, 0) is 112 Å². The molecular weight excluding hydrogens is 526 g/mol. The van der Waals surface area contributed by atoms with Crippen LogP contribution in [0.1, 0.15) is 27.8 Å². The number of fused-ring (bicyclic) bond motifs is 10. The first kappa shape index (κ1) is 25.4. The molecule has 43 heavy (non-hydrogen) atoms. The SMILES string of the molecule is COc1ccc(N(c2ccc(OC)cc2)c2ccc3c(c2)C2(c4ccccc4-c4ccc(C)cc42)c2ccccc2-3)cc1. The van der Waals surface area contributed by atoms with E-state index in [1.807, 2.05) is 24.3 Å². The van der Waals surface area contributed by atoms with Crippen molar-refractivity contribution in [3.8, 4) is 33.8 Å². The molecule has 0 saturated carbocycles. The minimum atomic E-state index is -0.397. The van der Waals surface area contributed by atoms with E-state index in [1.165, 1.54) is 50.1 Å². The van der Waals surface area contributed by atoms with Crippen molar-refractivity contribution in [3.63, 3.8) is 0 Å². The summed E-state index contributed by atoms with van der Waals surface area (Å²) in [6.45, 7) is 2.20. The van der Waals surface area contributed by atoms with Crippen LogP contribution in [0.3, 0.4) is 0 Å². The van der Waals surface area contributed by atoms with E-state index in [-0.39, 0.29) is 0 Å². The van der Waals surface area contributed by atoms with Crippen molar-refractivity contribution in [1.29, 1.82) is 0 Å². The molecule has 0 radical (unpaired) electrons. The summed E-state index contributed by atoms with van der Waals surface area (Å²) < 4.78 is 11.0. The van der Waals surface area contributed by atoms with Crippen molar-refractivity contribution in [3.05, 3.63) is 161 Å². The van der Waals surface area contributed by atoms with Crippen molar-refractivity contribution in [2.45, 2.75) is 12.3 Å². The maximum atomic E-state index is 5.49. The summed E-state index contributed by atoms with van der Waals surface area (Å²) in [5.74, 6) is 1.66. The Kier molecular flexibility index (Phi) is 5.70. The highest BCUT2D eigenvalue weighted by atomic mass is 16.5. The van der Waals surface area contributed by atoms with Gasteiger partial charge in [0.05, 0.1) is 19.6 Å². The third-order valence-corrected chi connectivity index (χ3v) is 9.15. The third-order valence-electron chi connectivity index (χ3n) is 9.15. The lowest BCUT2D eigenvalue weighted by Crippen LogP contribution is -2.26. The number of benzene rings is 6. The molecule has 0 aromatic heterocycles. The molecule has 0 N–H and O–H groups in total. The first-order valence-corrected chi connectivity index (χ1v) is 14.7. The number of aryl methyl sites for hydroxylation is 1. The summed E-state index contributed by atoms with van der Waals surface area (Å²) >= 11 is 0. The zero-order chi connectivity index (χ0) is 29.1. The average Bonchev–Trinajstić information content (AvgIpc) is 3.52. The lowest BCUT2D eigenvalue weighted by Gasteiger charge is -2.32. The van der Waals surface area contributed by atoms with E-state index in [2.05, 4.69) is 121 Å². The van der Waals surface area contributed by atoms with E-state index >= 15 is 0 Å². The zero-order valence-corrected chi connectivity index (χ0v) is 24.5. The predicted molar refractivity (Wildman–Crippen MR) is 175 cm³/mol. The van der Waals surface area contributed by atoms with Crippen LogP contribution in [-0.4, -0.2) is 14.2 Å². The van der Waals surface area contributed by atoms with Crippen LogP contribution < -0.4 is 14.4 Å². The average molecular weight is 558 g/mol. The van der Waals surface area contributed by atoms with Gasteiger partial charge in [0.2, 0.25) is 0 Å². The summed E-state index contributed by atoms with van der Waals surface area (Å²) in [5.41, 5.74) is 14.7. The van der Waals surface area contributed by atoms with Gasteiger partial charge < -0.3 is 14.4 Å². The highest BCUT2D eigenvalue weighted by Crippen LogP contribution is 2.63. The highest BCUT2D eigenvalue weighted by Gasteiger charge is 2.51. The first-order valence-electron chi connectivity index (χ1n) is 14.7. The van der Waals surface area contributed by atoms with Crippen LogP contribution in [0.2, 0.25) is 0 Å². The van der Waals surface area contributed by atoms with Gasteiger partial charge in [0.15, 0.2) is 0 Å². The largest absolute Gasteiger partial charge is 0.497 e. The predicted octanol–water partition coefficient (Wildman–Crippen LogP) is 9.83. The second-order valence-corrected chi connectivity index (χ2v) is 11.4. The number of rotatable bonds is 5. The Morgan fingerprint density at radius 3 is 1.42 bits per heavy atom. The van der Waals surface area contributed by atoms with Gasteiger partial charge in [0.1, 0.15) is 11.5 Å². The molecule has 1 unspecified atom stereocenters. The molecule has 3 nitrogen and oxygen atoms in total. The Morgan fingerprint density at radius 1 is 0.442 bits per heavy atom. The lowest BCUT2D eigenvalue weighted by molar-refractivity contribution is 0.415. The van der Waals surface area contributed by atoms with Crippen LogP contribution in [-0.2, 0) is 5.41 Å². The van der Waals surface area contributed by atoms with E-state index in [0.717, 1.165) is 28.6 Å². The summed E-state index contributed by atoms with van der Waals surface area (Å²) in [6.07, 6.45) is 0. The van der Waals surface area contributed by atoms with Crippen molar-refractivity contribution >= 4 is 17.1 Å². The summed E-state index contributed by atoms with van der Waals surface area (Å²) in [7, 11) is 3.40. The standard InChI is InChI=1S/C40H31NO2/c1-26-12-22-34-32-8-4-6-10-36(32)40(38(34)24-26)37-11-7-5-9-33(37)35-23-17-29(25-39(35)40)41(27-13-18-30(42-2)19-14-27)28-15-20-31(43-3)21-16-28/h4-25H,1-3H3. The van der Waals surface area contributed by atoms with Crippen molar-refractivity contribution < 1.29 is 9.47 Å². The van der Waals surface area contributed by atoms with Crippen LogP contribution in [0.25, 0.3) is 22.3 Å². The van der Waals surface area contributed by atoms with Gasteiger partial charge in [-0.1, -0.05) is 78.4 Å². The Labute approximate surface area is 252 Å². The van der Waals surface area contributed by atoms with E-state index in [1.54, 1.807) is 14.2 Å². The quantitative estimate of drug-likeness (QED) is 0.210. The highest BCUT2D eigenvalue weighted by molar-refractivity contribution is 5.96. The number of hydrogen-bond acceptors (Lipinski definition) is 3. The summed E-state index contributed by atoms with van der Waals surface area (Å²) in [4.78, 5) is 2.31. The Balaban J connectivity index is 1.42. The second kappa shape index (κ2) is 9.64. The molecule has 6 aromatic carbocycles. The van der Waals surface area contributed by atoms with E-state index in [4.69, 9.17) is 9.47 Å². The molecule has 0 amide bonds. The molecule has 0 bridgehead atoms. The number of hydrogen-bond donors (Lipinski definition) is 0. The number of methoxy groups -OCH3 is 2. The fourth-order valence-electron chi connectivity index (χ4n) is 7.29. The molecular formula is C40H31NO2. The molecule has 208 valence electrons. The second-order valence-electron chi connectivity index (χ2n) is 11.4. The van der Waals surface area contributed by atoms with Crippen LogP contribution in [0.5, 0.6) is 11.5 Å². The molecule has 1 atom stereocenters. The molecule has 0 fully saturated rings. The summed E-state index contributed by atoms with van der Waals surface area (Å²) in [6, 6.07) is 48.4. The van der Waals surface area contributed by atoms with Crippen LogP contribution in [0, 0.1) is 6.92 Å². The zero-order valence-electron chi connectivity index (χ0n) is 24.5. The molecule has 0 saturated heterocycles. The number of anilines is 3. The molecule has 3 heteroatoms. The van der Waals surface area contributed by atoms with Gasteiger partial charge in [-0.25, -0.2) is 0 Å². The van der Waals surface area contributed by atoms with Gasteiger partial charge in [0, 0.05) is 17.1 Å². The fraction of sp³-hybridized carbons (Fsp3) is 0.100. The van der Waals surface area contributed by atoms with Crippen LogP contribution in [0.4, 0.5) is 17.1 Å². The maximum absolute atomic E-state index is 5.49. The first-order chi connectivity index (χ1) is 21.1. The van der Waals surface area contributed by atoms with Gasteiger partial charge in [-0.15, -0.1) is 0 Å². The molecule has 0 aliphatic heterocycles. The lowest BCUT2D eigenvalue weighted by atomic mass is 9.70. The smallest absolute Gasteiger partial charge is 0.119 e. The van der Waals surface area contributed by atoms with Crippen molar-refractivity contribution in [2.24, 2.45) is 0 Å². The molecule has 0 heterocycles. The van der Waals surface area contributed by atoms with Gasteiger partial charge in [0.25, 0.3) is 0 Å². The Bertz CT molecular complexity index is 1950. The Hall–Kier alpha value is -5.28. The number of ether oxygens (including phenoxy) is 2. The van der Waals surface area contributed by atoms with Gasteiger partial charge in [-0.3, -0.25) is 0 Å². The summed E-state index contributed by atoms with van der Waals surface area (Å²) in [5, 5.41) is 0.